The molecule has 0 saturated heterocycles. The first kappa shape index (κ1) is 20.2. The van der Waals surface area contributed by atoms with Crippen molar-refractivity contribution in [1.82, 2.24) is 9.97 Å². The standard InChI is InChI=1S/C34H20N2O/c1-2-11-24-21(8-1)18-19-35-32(24)22-9-7-10-23(20-22)33-28-17-16-26-25-12-4-6-15-30(25)37-34(26)31(28)27-13-3-5-14-29(27)36-33/h1-20H. The van der Waals surface area contributed by atoms with Crippen molar-refractivity contribution in [3.05, 3.63) is 121 Å². The van der Waals surface area contributed by atoms with E-state index in [1.165, 1.54) is 5.39 Å². The molecule has 0 N–H and O–H groups in total. The number of rotatable bonds is 2. The summed E-state index contributed by atoms with van der Waals surface area (Å²) in [4.78, 5) is 9.92. The monoisotopic (exact) mass is 472 g/mol. The smallest absolute Gasteiger partial charge is 0.144 e. The van der Waals surface area contributed by atoms with Gasteiger partial charge in [-0.25, -0.2) is 4.98 Å². The van der Waals surface area contributed by atoms with E-state index in [-0.39, 0.29) is 0 Å². The van der Waals surface area contributed by atoms with E-state index >= 15 is 0 Å². The molecule has 5 aromatic carbocycles. The molecule has 0 unspecified atom stereocenters. The maximum absolute atomic E-state index is 6.47. The number of hydrogen-bond acceptors (Lipinski definition) is 3. The Morgan fingerprint density at radius 1 is 0.514 bits per heavy atom. The molecular formula is C34H20N2O. The first-order chi connectivity index (χ1) is 18.3. The summed E-state index contributed by atoms with van der Waals surface area (Å²) in [5, 5.41) is 7.85. The van der Waals surface area contributed by atoms with Crippen molar-refractivity contribution in [2.45, 2.75) is 0 Å². The van der Waals surface area contributed by atoms with Gasteiger partial charge in [-0.2, -0.15) is 0 Å². The molecule has 0 atom stereocenters. The lowest BCUT2D eigenvalue weighted by molar-refractivity contribution is 0.673. The Hall–Kier alpha value is -5.02. The van der Waals surface area contributed by atoms with Crippen LogP contribution in [0.5, 0.6) is 0 Å². The second-order valence-corrected chi connectivity index (χ2v) is 9.40. The lowest BCUT2D eigenvalue weighted by atomic mass is 9.96. The summed E-state index contributed by atoms with van der Waals surface area (Å²) in [6.45, 7) is 0. The van der Waals surface area contributed by atoms with Gasteiger partial charge in [0.25, 0.3) is 0 Å². The van der Waals surface area contributed by atoms with Gasteiger partial charge in [0.1, 0.15) is 11.2 Å². The van der Waals surface area contributed by atoms with Gasteiger partial charge >= 0.3 is 0 Å². The molecule has 0 aliphatic rings. The number of fused-ring (bicyclic) bond motifs is 8. The number of furan rings is 1. The van der Waals surface area contributed by atoms with Crippen LogP contribution in [0, 0.1) is 0 Å². The van der Waals surface area contributed by atoms with Gasteiger partial charge in [-0.1, -0.05) is 84.9 Å². The van der Waals surface area contributed by atoms with E-state index in [0.29, 0.717) is 0 Å². The molecule has 3 heteroatoms. The van der Waals surface area contributed by atoms with Crippen molar-refractivity contribution in [1.29, 1.82) is 0 Å². The highest BCUT2D eigenvalue weighted by atomic mass is 16.3. The zero-order chi connectivity index (χ0) is 24.3. The molecule has 8 aromatic rings. The first-order valence-corrected chi connectivity index (χ1v) is 12.4. The fraction of sp³-hybridized carbons (Fsp3) is 0. The molecule has 37 heavy (non-hydrogen) atoms. The van der Waals surface area contributed by atoms with Crippen LogP contribution in [-0.4, -0.2) is 9.97 Å². The van der Waals surface area contributed by atoms with Gasteiger partial charge in [0.15, 0.2) is 0 Å². The Balaban J connectivity index is 1.45. The van der Waals surface area contributed by atoms with Crippen LogP contribution in [0.4, 0.5) is 0 Å². The van der Waals surface area contributed by atoms with Crippen molar-refractivity contribution in [3.8, 4) is 22.5 Å². The molecule has 0 amide bonds. The number of aromatic nitrogens is 2. The van der Waals surface area contributed by atoms with Crippen LogP contribution < -0.4 is 0 Å². The lowest BCUT2D eigenvalue weighted by Gasteiger charge is -2.12. The Labute approximate surface area is 212 Å². The van der Waals surface area contributed by atoms with E-state index in [1.807, 2.05) is 24.4 Å². The Bertz CT molecular complexity index is 2150. The Morgan fingerprint density at radius 2 is 1.24 bits per heavy atom. The Kier molecular flexibility index (Phi) is 4.23. The van der Waals surface area contributed by atoms with E-state index in [4.69, 9.17) is 14.4 Å². The number of benzene rings is 5. The van der Waals surface area contributed by atoms with Crippen molar-refractivity contribution >= 4 is 54.4 Å². The summed E-state index contributed by atoms with van der Waals surface area (Å²) < 4.78 is 6.47. The van der Waals surface area contributed by atoms with Crippen LogP contribution in [0.25, 0.3) is 76.9 Å². The van der Waals surface area contributed by atoms with E-state index < -0.39 is 0 Å². The van der Waals surface area contributed by atoms with Crippen LogP contribution in [0.2, 0.25) is 0 Å². The summed E-state index contributed by atoms with van der Waals surface area (Å²) in [5.74, 6) is 0. The number of pyridine rings is 2. The third-order valence-corrected chi connectivity index (χ3v) is 7.29. The molecule has 0 saturated carbocycles. The van der Waals surface area contributed by atoms with Gasteiger partial charge in [0.05, 0.1) is 16.9 Å². The molecule has 3 heterocycles. The van der Waals surface area contributed by atoms with E-state index in [9.17, 15) is 0 Å². The van der Waals surface area contributed by atoms with Crippen LogP contribution in [-0.2, 0) is 0 Å². The minimum absolute atomic E-state index is 0.900. The van der Waals surface area contributed by atoms with Gasteiger partial charge in [-0.15, -0.1) is 0 Å². The second-order valence-electron chi connectivity index (χ2n) is 9.40. The van der Waals surface area contributed by atoms with Gasteiger partial charge in [0, 0.05) is 49.6 Å². The fourth-order valence-corrected chi connectivity index (χ4v) is 5.60. The zero-order valence-corrected chi connectivity index (χ0v) is 19.8. The number of hydrogen-bond donors (Lipinski definition) is 0. The van der Waals surface area contributed by atoms with Gasteiger partial charge in [-0.05, 0) is 35.7 Å². The summed E-state index contributed by atoms with van der Waals surface area (Å²) in [5.41, 5.74) is 6.80. The van der Waals surface area contributed by atoms with E-state index in [2.05, 4.69) is 97.1 Å². The molecule has 3 nitrogen and oxygen atoms in total. The maximum atomic E-state index is 6.47. The van der Waals surface area contributed by atoms with Crippen LogP contribution >= 0.6 is 0 Å². The third-order valence-electron chi connectivity index (χ3n) is 7.29. The molecule has 0 aliphatic carbocycles. The largest absolute Gasteiger partial charge is 0.455 e. The summed E-state index contributed by atoms with van der Waals surface area (Å²) >= 11 is 0. The average Bonchev–Trinajstić information content (AvgIpc) is 3.35. The highest BCUT2D eigenvalue weighted by molar-refractivity contribution is 6.24. The summed E-state index contributed by atoms with van der Waals surface area (Å²) in [6.07, 6.45) is 1.88. The maximum Gasteiger partial charge on any atom is 0.144 e. The third kappa shape index (κ3) is 3.01. The summed E-state index contributed by atoms with van der Waals surface area (Å²) in [6, 6.07) is 39.9. The van der Waals surface area contributed by atoms with Gasteiger partial charge in [0.2, 0.25) is 0 Å². The highest BCUT2D eigenvalue weighted by Crippen LogP contribution is 2.41. The molecule has 0 aliphatic heterocycles. The molecule has 0 radical (unpaired) electrons. The molecule has 172 valence electrons. The highest BCUT2D eigenvalue weighted by Gasteiger charge is 2.17. The molecule has 0 spiro atoms. The molecule has 8 rings (SSSR count). The van der Waals surface area contributed by atoms with Gasteiger partial charge in [-0.3, -0.25) is 4.98 Å². The Morgan fingerprint density at radius 3 is 2.16 bits per heavy atom. The van der Waals surface area contributed by atoms with Crippen molar-refractivity contribution in [2.24, 2.45) is 0 Å². The molecule has 0 bridgehead atoms. The SMILES string of the molecule is c1cc(-c2nccc3ccccc23)cc(-c2nc3ccccc3c3c2ccc2c4ccccc4oc23)c1. The van der Waals surface area contributed by atoms with Crippen LogP contribution in [0.1, 0.15) is 0 Å². The topological polar surface area (TPSA) is 38.9 Å². The second kappa shape index (κ2) is 7.74. The minimum atomic E-state index is 0.900. The first-order valence-electron chi connectivity index (χ1n) is 12.4. The predicted molar refractivity (Wildman–Crippen MR) is 153 cm³/mol. The fourth-order valence-electron chi connectivity index (χ4n) is 5.60. The van der Waals surface area contributed by atoms with Crippen molar-refractivity contribution in [3.63, 3.8) is 0 Å². The van der Waals surface area contributed by atoms with Crippen molar-refractivity contribution in [2.75, 3.05) is 0 Å². The van der Waals surface area contributed by atoms with Crippen molar-refractivity contribution < 1.29 is 4.42 Å². The normalized spacial score (nSPS) is 11.8. The van der Waals surface area contributed by atoms with E-state index in [0.717, 1.165) is 71.5 Å². The molecule has 0 fully saturated rings. The van der Waals surface area contributed by atoms with Gasteiger partial charge < -0.3 is 4.42 Å². The lowest BCUT2D eigenvalue weighted by Crippen LogP contribution is -1.91. The van der Waals surface area contributed by atoms with Crippen LogP contribution in [0.3, 0.4) is 0 Å². The minimum Gasteiger partial charge on any atom is -0.455 e. The number of nitrogens with zero attached hydrogens (tertiary/aromatic N) is 2. The molecular weight excluding hydrogens is 452 g/mol. The quantitative estimate of drug-likeness (QED) is 0.235. The predicted octanol–water partition coefficient (Wildman–Crippen LogP) is 9.17. The van der Waals surface area contributed by atoms with Crippen LogP contribution in [0.15, 0.2) is 126 Å². The summed E-state index contributed by atoms with van der Waals surface area (Å²) in [7, 11) is 0. The molecule has 3 aromatic heterocycles. The number of para-hydroxylation sites is 2. The van der Waals surface area contributed by atoms with E-state index in [1.54, 1.807) is 0 Å². The average molecular weight is 473 g/mol. The zero-order valence-electron chi connectivity index (χ0n) is 19.8.